The van der Waals surface area contributed by atoms with Gasteiger partial charge >= 0.3 is 0 Å². The number of sulfonamides is 1. The molecule has 1 aliphatic carbocycles. The summed E-state index contributed by atoms with van der Waals surface area (Å²) in [5.74, 6) is -0.415. The van der Waals surface area contributed by atoms with Crippen molar-refractivity contribution in [3.63, 3.8) is 0 Å². The van der Waals surface area contributed by atoms with Crippen molar-refractivity contribution in [2.45, 2.75) is 50.4 Å². The first-order valence-corrected chi connectivity index (χ1v) is 13.3. The predicted molar refractivity (Wildman–Crippen MR) is 139 cm³/mol. The van der Waals surface area contributed by atoms with Gasteiger partial charge in [-0.1, -0.05) is 12.1 Å². The number of nitrogens with one attached hydrogen (secondary N) is 2. The topological polar surface area (TPSA) is 143 Å². The molecule has 194 valence electrons. The van der Waals surface area contributed by atoms with E-state index in [0.29, 0.717) is 29.3 Å². The van der Waals surface area contributed by atoms with Crippen LogP contribution in [-0.2, 0) is 23.6 Å². The van der Waals surface area contributed by atoms with Crippen molar-refractivity contribution in [2.24, 2.45) is 7.05 Å². The number of ether oxygens (including phenoxy) is 1. The molecule has 1 fully saturated rings. The Labute approximate surface area is 215 Å². The van der Waals surface area contributed by atoms with Crippen LogP contribution in [0.25, 0.3) is 10.9 Å². The number of aryl methyl sites for hydroxylation is 1. The summed E-state index contributed by atoms with van der Waals surface area (Å²) in [6.07, 6.45) is 2.42. The summed E-state index contributed by atoms with van der Waals surface area (Å²) in [4.78, 5) is 30.2. The van der Waals surface area contributed by atoms with Crippen LogP contribution < -0.4 is 20.3 Å². The second-order valence-electron chi connectivity index (χ2n) is 10.3. The van der Waals surface area contributed by atoms with E-state index in [9.17, 15) is 18.0 Å². The molecule has 3 aromatic rings. The van der Waals surface area contributed by atoms with E-state index in [1.54, 1.807) is 51.1 Å². The van der Waals surface area contributed by atoms with Crippen LogP contribution in [-0.4, -0.2) is 40.8 Å². The summed E-state index contributed by atoms with van der Waals surface area (Å²) >= 11 is 0. The van der Waals surface area contributed by atoms with Crippen LogP contribution in [0.4, 0.5) is 0 Å². The van der Waals surface area contributed by atoms with Gasteiger partial charge in [-0.15, -0.1) is 0 Å². The average Bonchev–Trinajstić information content (AvgIpc) is 3.64. The van der Waals surface area contributed by atoms with Crippen LogP contribution in [0.2, 0.25) is 0 Å². The van der Waals surface area contributed by atoms with E-state index in [1.165, 1.54) is 23.9 Å². The Morgan fingerprint density at radius 1 is 1.22 bits per heavy atom. The SMILES string of the molecule is Cn1c(=O)c(C(=O)NCc2ccc(C#N)cc2)cc2ccnc(OCC3(S(=O)(=O)NC(C)(C)C)CC3)c21. The van der Waals surface area contributed by atoms with Crippen LogP contribution in [0, 0.1) is 11.3 Å². The molecule has 0 unspecified atom stereocenters. The first-order valence-electron chi connectivity index (χ1n) is 11.8. The minimum atomic E-state index is -3.64. The number of aromatic nitrogens is 2. The molecule has 1 aromatic carbocycles. The number of rotatable bonds is 8. The van der Waals surface area contributed by atoms with Crippen LogP contribution in [0.1, 0.15) is 55.1 Å². The Morgan fingerprint density at radius 3 is 2.49 bits per heavy atom. The van der Waals surface area contributed by atoms with Gasteiger partial charge in [0.05, 0.1) is 11.6 Å². The lowest BCUT2D eigenvalue weighted by molar-refractivity contribution is 0.0949. The van der Waals surface area contributed by atoms with E-state index in [2.05, 4.69) is 15.0 Å². The van der Waals surface area contributed by atoms with Crippen molar-refractivity contribution in [1.29, 1.82) is 5.26 Å². The van der Waals surface area contributed by atoms with Crippen LogP contribution in [0.5, 0.6) is 5.88 Å². The van der Waals surface area contributed by atoms with Gasteiger partial charge in [-0.2, -0.15) is 5.26 Å². The summed E-state index contributed by atoms with van der Waals surface area (Å²) in [5.41, 5.74) is 0.471. The van der Waals surface area contributed by atoms with Gasteiger partial charge in [0.1, 0.15) is 22.4 Å². The number of nitriles is 1. The molecule has 0 aliphatic heterocycles. The molecule has 10 nitrogen and oxygen atoms in total. The van der Waals surface area contributed by atoms with E-state index in [4.69, 9.17) is 10.00 Å². The van der Waals surface area contributed by atoms with E-state index < -0.39 is 31.8 Å². The monoisotopic (exact) mass is 523 g/mol. The molecule has 0 spiro atoms. The summed E-state index contributed by atoms with van der Waals surface area (Å²) in [5, 5.41) is 12.2. The minimum Gasteiger partial charge on any atom is -0.474 e. The first kappa shape index (κ1) is 26.3. The number of pyridine rings is 2. The van der Waals surface area contributed by atoms with Crippen molar-refractivity contribution >= 4 is 26.8 Å². The third-order valence-electron chi connectivity index (χ3n) is 6.16. The highest BCUT2D eigenvalue weighted by Crippen LogP contribution is 2.44. The van der Waals surface area contributed by atoms with Crippen molar-refractivity contribution in [3.8, 4) is 11.9 Å². The molecule has 2 N–H and O–H groups in total. The number of amides is 1. The molecular weight excluding hydrogens is 494 g/mol. The zero-order chi connectivity index (χ0) is 27.0. The Hall–Kier alpha value is -3.75. The van der Waals surface area contributed by atoms with Crippen LogP contribution >= 0.6 is 0 Å². The molecule has 2 aromatic heterocycles. The molecule has 1 aliphatic rings. The molecule has 11 heteroatoms. The highest BCUT2D eigenvalue weighted by Gasteiger charge is 2.56. The maximum absolute atomic E-state index is 13.1. The van der Waals surface area contributed by atoms with Gasteiger partial charge in [-0.3, -0.25) is 9.59 Å². The lowest BCUT2D eigenvalue weighted by Gasteiger charge is -2.25. The van der Waals surface area contributed by atoms with Gasteiger partial charge in [-0.05, 0) is 63.4 Å². The van der Waals surface area contributed by atoms with Gasteiger partial charge in [0, 0.05) is 30.7 Å². The molecule has 1 amide bonds. The molecule has 0 radical (unpaired) electrons. The predicted octanol–water partition coefficient (Wildman–Crippen LogP) is 2.36. The molecule has 1 saturated carbocycles. The fourth-order valence-electron chi connectivity index (χ4n) is 3.99. The van der Waals surface area contributed by atoms with Crippen molar-refractivity contribution in [1.82, 2.24) is 19.6 Å². The number of nitrogens with zero attached hydrogens (tertiary/aromatic N) is 3. The zero-order valence-corrected chi connectivity index (χ0v) is 22.0. The normalized spacial score (nSPS) is 14.7. The third-order valence-corrected chi connectivity index (χ3v) is 8.71. The second-order valence-corrected chi connectivity index (χ2v) is 12.4. The number of carbonyl (C=O) groups excluding carboxylic acids is 1. The Balaban J connectivity index is 1.55. The summed E-state index contributed by atoms with van der Waals surface area (Å²) in [7, 11) is -2.12. The molecule has 0 bridgehead atoms. The number of fused-ring (bicyclic) bond motifs is 1. The van der Waals surface area contributed by atoms with Gasteiger partial charge < -0.3 is 14.6 Å². The van der Waals surface area contributed by atoms with Gasteiger partial charge in [0.25, 0.3) is 11.5 Å². The lowest BCUT2D eigenvalue weighted by Crippen LogP contribution is -2.48. The molecule has 4 rings (SSSR count). The summed E-state index contributed by atoms with van der Waals surface area (Å²) in [6, 6.07) is 11.9. The maximum atomic E-state index is 13.1. The van der Waals surface area contributed by atoms with Crippen LogP contribution in [0.3, 0.4) is 0 Å². The Kier molecular flexibility index (Phi) is 6.83. The Bertz CT molecular complexity index is 1560. The number of benzene rings is 1. The van der Waals surface area contributed by atoms with E-state index in [1.807, 2.05) is 6.07 Å². The quantitative estimate of drug-likeness (QED) is 0.461. The number of hydrogen-bond acceptors (Lipinski definition) is 7. The average molecular weight is 524 g/mol. The standard InChI is InChI=1S/C26H29N5O5S/c1-25(2,3)30-37(34,35)26(10-11-26)16-36-23-21-19(9-12-28-23)13-20(24(33)31(21)4)22(32)29-15-18-7-5-17(14-27)6-8-18/h5-9,12-13,30H,10-11,15-16H2,1-4H3,(H,29,32). The van der Waals surface area contributed by atoms with Crippen molar-refractivity contribution in [2.75, 3.05) is 6.61 Å². The largest absolute Gasteiger partial charge is 0.474 e. The molecule has 37 heavy (non-hydrogen) atoms. The van der Waals surface area contributed by atoms with Gasteiger partial charge in [0.2, 0.25) is 15.9 Å². The fourth-order valence-corrected chi connectivity index (χ4v) is 5.86. The van der Waals surface area contributed by atoms with Crippen molar-refractivity contribution < 1.29 is 17.9 Å². The van der Waals surface area contributed by atoms with Gasteiger partial charge in [0.15, 0.2) is 0 Å². The van der Waals surface area contributed by atoms with Crippen LogP contribution in [0.15, 0.2) is 47.4 Å². The smallest absolute Gasteiger partial charge is 0.263 e. The summed E-state index contributed by atoms with van der Waals surface area (Å²) in [6.45, 7) is 5.42. The summed E-state index contributed by atoms with van der Waals surface area (Å²) < 4.78 is 34.7. The van der Waals surface area contributed by atoms with E-state index in [-0.39, 0.29) is 24.6 Å². The fraction of sp³-hybridized carbons (Fsp3) is 0.385. The number of hydrogen-bond donors (Lipinski definition) is 2. The van der Waals surface area contributed by atoms with Crippen molar-refractivity contribution in [3.05, 3.63) is 69.6 Å². The Morgan fingerprint density at radius 2 is 1.89 bits per heavy atom. The first-order chi connectivity index (χ1) is 17.4. The van der Waals surface area contributed by atoms with E-state index in [0.717, 1.165) is 5.56 Å². The second kappa shape index (κ2) is 9.61. The minimum absolute atomic E-state index is 0.0450. The molecule has 0 atom stereocenters. The third kappa shape index (κ3) is 5.50. The molecule has 2 heterocycles. The number of carbonyl (C=O) groups is 1. The van der Waals surface area contributed by atoms with E-state index >= 15 is 0 Å². The maximum Gasteiger partial charge on any atom is 0.263 e. The highest BCUT2D eigenvalue weighted by atomic mass is 32.2. The molecule has 0 saturated heterocycles. The van der Waals surface area contributed by atoms with Gasteiger partial charge in [-0.25, -0.2) is 18.1 Å². The zero-order valence-electron chi connectivity index (χ0n) is 21.2. The lowest BCUT2D eigenvalue weighted by atomic mass is 10.1. The molecular formula is C26H29N5O5S. The highest BCUT2D eigenvalue weighted by molar-refractivity contribution is 7.91.